The van der Waals surface area contributed by atoms with Crippen molar-refractivity contribution in [3.63, 3.8) is 0 Å². The van der Waals surface area contributed by atoms with Crippen LogP contribution < -0.4 is 29.6 Å². The van der Waals surface area contributed by atoms with Gasteiger partial charge in [0.25, 0.3) is 0 Å². The number of hydrogen-bond donors (Lipinski definition) is 0. The van der Waals surface area contributed by atoms with E-state index < -0.39 is 21.0 Å². The minimum absolute atomic E-state index is 0. The van der Waals surface area contributed by atoms with Gasteiger partial charge in [-0.15, -0.1) is 0 Å². The first kappa shape index (κ1) is 21.6. The molecule has 0 aliphatic heterocycles. The Morgan fingerprint density at radius 2 is 1.68 bits per heavy atom. The van der Waals surface area contributed by atoms with Gasteiger partial charge in [-0.1, -0.05) is 51.2 Å². The summed E-state index contributed by atoms with van der Waals surface area (Å²) >= 11 is 0. The van der Waals surface area contributed by atoms with Crippen LogP contribution in [0.2, 0.25) is 0 Å². The summed E-state index contributed by atoms with van der Waals surface area (Å²) in [5.41, 5.74) is -0.196. The Balaban J connectivity index is 0.00000441. The number of esters is 1. The summed E-state index contributed by atoms with van der Waals surface area (Å²) in [7, 11) is -4.67. The van der Waals surface area contributed by atoms with Crippen LogP contribution in [0.25, 0.3) is 0 Å². The van der Waals surface area contributed by atoms with Crippen LogP contribution in [0.3, 0.4) is 0 Å². The Hall–Kier alpha value is -0.400. The molecule has 1 rings (SSSR count). The second-order valence-electron chi connectivity index (χ2n) is 4.85. The van der Waals surface area contributed by atoms with Crippen LogP contribution in [0.1, 0.15) is 55.8 Å². The van der Waals surface area contributed by atoms with Gasteiger partial charge in [-0.3, -0.25) is 0 Å². The van der Waals surface area contributed by atoms with Gasteiger partial charge < -0.3 is 9.29 Å². The molecule has 0 spiro atoms. The molecule has 0 saturated carbocycles. The Morgan fingerprint density at radius 1 is 1.09 bits per heavy atom. The van der Waals surface area contributed by atoms with Crippen molar-refractivity contribution in [1.29, 1.82) is 0 Å². The molecule has 0 aliphatic carbocycles. The van der Waals surface area contributed by atoms with Gasteiger partial charge >= 0.3 is 35.5 Å². The van der Waals surface area contributed by atoms with E-state index in [9.17, 15) is 17.8 Å². The fourth-order valence-electron chi connectivity index (χ4n) is 1.98. The maximum Gasteiger partial charge on any atom is 1.00 e. The van der Waals surface area contributed by atoms with Crippen LogP contribution in [0.15, 0.2) is 29.2 Å². The molecule has 0 N–H and O–H groups in total. The molecule has 0 heterocycles. The first-order valence-corrected chi connectivity index (χ1v) is 8.59. The fourth-order valence-corrected chi connectivity index (χ4v) is 2.64. The number of carbonyl (C=O) groups excluding carboxylic acids is 1. The average Bonchev–Trinajstić information content (AvgIpc) is 2.45. The molecule has 0 bridgehead atoms. The molecule has 0 fully saturated rings. The normalized spacial score (nSPS) is 10.8. The van der Waals surface area contributed by atoms with Gasteiger partial charge in [-0.2, -0.15) is 0 Å². The Kier molecular flexibility index (Phi) is 11.0. The second kappa shape index (κ2) is 11.2. The zero-order valence-electron chi connectivity index (χ0n) is 13.2. The first-order valence-electron chi connectivity index (χ1n) is 7.19. The molecule has 7 heteroatoms. The molecule has 0 aliphatic rings. The SMILES string of the molecule is CCCCCCCCOC(=O)c1ccccc1S(=O)(=O)[O-].[Na+]. The maximum absolute atomic E-state index is 11.8. The number of carbonyl (C=O) groups is 1. The van der Waals surface area contributed by atoms with Gasteiger partial charge in [0.2, 0.25) is 0 Å². The van der Waals surface area contributed by atoms with E-state index in [1.165, 1.54) is 37.5 Å². The van der Waals surface area contributed by atoms with Crippen molar-refractivity contribution >= 4 is 16.1 Å². The molecular weight excluding hydrogens is 315 g/mol. The largest absolute Gasteiger partial charge is 1.00 e. The Morgan fingerprint density at radius 3 is 2.32 bits per heavy atom. The number of hydrogen-bond acceptors (Lipinski definition) is 5. The van der Waals surface area contributed by atoms with Gasteiger partial charge in [0.05, 0.1) is 17.1 Å². The van der Waals surface area contributed by atoms with Gasteiger partial charge in [-0.05, 0) is 18.6 Å². The van der Waals surface area contributed by atoms with E-state index in [-0.39, 0.29) is 41.7 Å². The third kappa shape index (κ3) is 7.74. The predicted octanol–water partition coefficient (Wildman–Crippen LogP) is 0.112. The Bertz CT molecular complexity index is 557. The quantitative estimate of drug-likeness (QED) is 0.277. The van der Waals surface area contributed by atoms with Gasteiger partial charge in [-0.25, -0.2) is 13.2 Å². The van der Waals surface area contributed by atoms with Crippen LogP contribution in [0.4, 0.5) is 0 Å². The van der Waals surface area contributed by atoms with E-state index in [0.29, 0.717) is 0 Å². The smallest absolute Gasteiger partial charge is 0.744 e. The van der Waals surface area contributed by atoms with Crippen LogP contribution in [0.5, 0.6) is 0 Å². The topological polar surface area (TPSA) is 83.5 Å². The third-order valence-corrected chi connectivity index (χ3v) is 4.00. The van der Waals surface area contributed by atoms with Gasteiger partial charge in [0, 0.05) is 0 Å². The summed E-state index contributed by atoms with van der Waals surface area (Å²) in [5.74, 6) is -0.765. The zero-order chi connectivity index (χ0) is 15.7. The summed E-state index contributed by atoms with van der Waals surface area (Å²) in [6, 6.07) is 5.29. The number of rotatable bonds is 9. The zero-order valence-corrected chi connectivity index (χ0v) is 16.0. The van der Waals surface area contributed by atoms with Crippen molar-refractivity contribution in [2.75, 3.05) is 6.61 Å². The maximum atomic E-state index is 11.8. The minimum Gasteiger partial charge on any atom is -0.744 e. The van der Waals surface area contributed by atoms with E-state index in [0.717, 1.165) is 25.3 Å². The summed E-state index contributed by atoms with van der Waals surface area (Å²) in [5, 5.41) is 0. The molecule has 0 radical (unpaired) electrons. The summed E-state index contributed by atoms with van der Waals surface area (Å²) < 4.78 is 38.2. The van der Waals surface area contributed by atoms with Crippen molar-refractivity contribution in [3.05, 3.63) is 29.8 Å². The standard InChI is InChI=1S/C15H22O5S.Na/c1-2-3-4-5-6-9-12-20-15(16)13-10-7-8-11-14(13)21(17,18)19;/h7-8,10-11H,2-6,9,12H2,1H3,(H,17,18,19);/q;+1/p-1. The molecule has 0 unspecified atom stereocenters. The van der Waals surface area contributed by atoms with Crippen molar-refractivity contribution in [3.8, 4) is 0 Å². The van der Waals surface area contributed by atoms with E-state index in [1.807, 2.05) is 0 Å². The molecule has 118 valence electrons. The predicted molar refractivity (Wildman–Crippen MR) is 78.1 cm³/mol. The summed E-state index contributed by atoms with van der Waals surface area (Å²) in [6.45, 7) is 2.38. The van der Waals surface area contributed by atoms with Crippen molar-refractivity contribution in [2.24, 2.45) is 0 Å². The van der Waals surface area contributed by atoms with Crippen LogP contribution in [0, 0.1) is 0 Å². The van der Waals surface area contributed by atoms with E-state index >= 15 is 0 Å². The van der Waals surface area contributed by atoms with E-state index in [1.54, 1.807) is 0 Å². The molecule has 22 heavy (non-hydrogen) atoms. The van der Waals surface area contributed by atoms with Crippen LogP contribution >= 0.6 is 0 Å². The average molecular weight is 336 g/mol. The molecule has 0 amide bonds. The molecular formula is C15H21NaO5S. The number of benzene rings is 1. The second-order valence-corrected chi connectivity index (χ2v) is 6.20. The van der Waals surface area contributed by atoms with Crippen LogP contribution in [-0.4, -0.2) is 25.5 Å². The minimum atomic E-state index is -4.67. The molecule has 0 aromatic heterocycles. The van der Waals surface area contributed by atoms with E-state index in [2.05, 4.69) is 6.92 Å². The number of ether oxygens (including phenoxy) is 1. The summed E-state index contributed by atoms with van der Waals surface area (Å²) in [6.07, 6.45) is 6.35. The van der Waals surface area contributed by atoms with Crippen molar-refractivity contribution in [2.45, 2.75) is 50.3 Å². The third-order valence-electron chi connectivity index (χ3n) is 3.11. The molecule has 0 atom stereocenters. The monoisotopic (exact) mass is 336 g/mol. The fraction of sp³-hybridized carbons (Fsp3) is 0.533. The van der Waals surface area contributed by atoms with Gasteiger partial charge in [0.1, 0.15) is 10.1 Å². The van der Waals surface area contributed by atoms with Crippen LogP contribution in [-0.2, 0) is 14.9 Å². The first-order chi connectivity index (χ1) is 9.96. The molecule has 1 aromatic rings. The van der Waals surface area contributed by atoms with Crippen molar-refractivity contribution < 1.29 is 52.1 Å². The molecule has 5 nitrogen and oxygen atoms in total. The Labute approximate surface area is 154 Å². The molecule has 1 aromatic carbocycles. The van der Waals surface area contributed by atoms with Crippen molar-refractivity contribution in [1.82, 2.24) is 0 Å². The molecule has 0 saturated heterocycles. The number of unbranched alkanes of at least 4 members (excludes halogenated alkanes) is 5. The van der Waals surface area contributed by atoms with E-state index in [4.69, 9.17) is 4.74 Å². The summed E-state index contributed by atoms with van der Waals surface area (Å²) in [4.78, 5) is 11.3. The van der Waals surface area contributed by atoms with Gasteiger partial charge in [0.15, 0.2) is 0 Å².